The number of hydrogen-bond acceptors (Lipinski definition) is 7. The molecule has 0 aliphatic carbocycles. The molecule has 0 fully saturated rings. The lowest BCUT2D eigenvalue weighted by molar-refractivity contribution is -0.141. The minimum absolute atomic E-state index is 0.0970. The molecule has 33 heavy (non-hydrogen) atoms. The van der Waals surface area contributed by atoms with Gasteiger partial charge in [-0.05, 0) is 66.5 Å². The van der Waals surface area contributed by atoms with E-state index in [2.05, 4.69) is 10.6 Å². The van der Waals surface area contributed by atoms with Crippen molar-refractivity contribution < 1.29 is 33.7 Å². The van der Waals surface area contributed by atoms with Gasteiger partial charge < -0.3 is 30.0 Å². The van der Waals surface area contributed by atoms with Crippen molar-refractivity contribution in [2.45, 2.75) is 12.5 Å². The van der Waals surface area contributed by atoms with E-state index in [0.29, 0.717) is 34.1 Å². The summed E-state index contributed by atoms with van der Waals surface area (Å²) in [7, 11) is 1.52. The van der Waals surface area contributed by atoms with Gasteiger partial charge in [-0.1, -0.05) is 6.07 Å². The summed E-state index contributed by atoms with van der Waals surface area (Å²) in [5.41, 5.74) is 0.762. The number of methoxy groups -OCH3 is 1. The molecule has 0 saturated heterocycles. The number of hydrogen-bond donors (Lipinski definition) is 3. The van der Waals surface area contributed by atoms with E-state index in [-0.39, 0.29) is 18.9 Å². The summed E-state index contributed by atoms with van der Waals surface area (Å²) in [6.07, 6.45) is 3.54. The third-order valence-corrected chi connectivity index (χ3v) is 5.41. The zero-order chi connectivity index (χ0) is 23.8. The van der Waals surface area contributed by atoms with Crippen molar-refractivity contribution in [3.63, 3.8) is 0 Å². The lowest BCUT2D eigenvalue weighted by Crippen LogP contribution is -2.44. The molecule has 1 atom stereocenters. The third-order valence-electron chi connectivity index (χ3n) is 4.77. The van der Waals surface area contributed by atoms with Gasteiger partial charge in [0.05, 0.1) is 7.11 Å². The average Bonchev–Trinajstić information content (AvgIpc) is 3.29. The van der Waals surface area contributed by atoms with Crippen LogP contribution >= 0.6 is 11.8 Å². The number of carbonyl (C=O) groups is 3. The summed E-state index contributed by atoms with van der Waals surface area (Å²) < 4.78 is 15.8. The number of amides is 2. The third kappa shape index (κ3) is 6.42. The van der Waals surface area contributed by atoms with Crippen molar-refractivity contribution in [3.8, 4) is 17.2 Å². The van der Waals surface area contributed by atoms with Gasteiger partial charge >= 0.3 is 5.97 Å². The summed E-state index contributed by atoms with van der Waals surface area (Å²) in [4.78, 5) is 37.4. The van der Waals surface area contributed by atoms with E-state index in [9.17, 15) is 19.5 Å². The number of ether oxygens (including phenoxy) is 3. The molecule has 0 spiro atoms. The van der Waals surface area contributed by atoms with Crippen LogP contribution in [0.1, 0.15) is 22.3 Å². The summed E-state index contributed by atoms with van der Waals surface area (Å²) in [5, 5.41) is 14.5. The number of carbonyl (C=O) groups excluding carboxylic acids is 2. The molecule has 2 amide bonds. The highest BCUT2D eigenvalue weighted by molar-refractivity contribution is 7.98. The Morgan fingerprint density at radius 1 is 1.15 bits per heavy atom. The predicted octanol–water partition coefficient (Wildman–Crippen LogP) is 2.52. The van der Waals surface area contributed by atoms with E-state index >= 15 is 0 Å². The number of rotatable bonds is 10. The first-order chi connectivity index (χ1) is 15.9. The van der Waals surface area contributed by atoms with Gasteiger partial charge in [0.1, 0.15) is 17.5 Å². The van der Waals surface area contributed by atoms with Crippen molar-refractivity contribution in [2.75, 3.05) is 25.9 Å². The Morgan fingerprint density at radius 2 is 1.88 bits per heavy atom. The molecule has 9 nitrogen and oxygen atoms in total. The zero-order valence-corrected chi connectivity index (χ0v) is 18.9. The Kier molecular flexibility index (Phi) is 8.20. The zero-order valence-electron chi connectivity index (χ0n) is 18.1. The Labute approximate surface area is 195 Å². The number of nitrogens with one attached hydrogen (secondary N) is 2. The van der Waals surface area contributed by atoms with Gasteiger partial charge in [-0.2, -0.15) is 11.8 Å². The minimum atomic E-state index is -1.15. The first-order valence-corrected chi connectivity index (χ1v) is 11.4. The van der Waals surface area contributed by atoms with Crippen molar-refractivity contribution in [2.24, 2.45) is 0 Å². The molecule has 0 aromatic heterocycles. The average molecular weight is 473 g/mol. The number of aliphatic carboxylic acids is 1. The molecular formula is C23H24N2O7S. The largest absolute Gasteiger partial charge is 0.497 e. The maximum Gasteiger partial charge on any atom is 0.326 e. The maximum absolute atomic E-state index is 13.0. The van der Waals surface area contributed by atoms with Gasteiger partial charge in [0.25, 0.3) is 11.8 Å². The molecular weight excluding hydrogens is 448 g/mol. The minimum Gasteiger partial charge on any atom is -0.497 e. The van der Waals surface area contributed by atoms with Gasteiger partial charge in [-0.25, -0.2) is 4.79 Å². The normalized spacial score (nSPS) is 13.2. The fourth-order valence-corrected chi connectivity index (χ4v) is 3.47. The van der Waals surface area contributed by atoms with E-state index in [0.717, 1.165) is 0 Å². The molecule has 1 aliphatic heterocycles. The number of benzene rings is 2. The molecule has 0 saturated carbocycles. The van der Waals surface area contributed by atoms with Crippen LogP contribution in [-0.4, -0.2) is 54.8 Å². The fourth-order valence-electron chi connectivity index (χ4n) is 2.99. The predicted molar refractivity (Wildman–Crippen MR) is 124 cm³/mol. The number of fused-ring (bicyclic) bond motifs is 1. The van der Waals surface area contributed by atoms with Crippen molar-refractivity contribution in [3.05, 3.63) is 59.3 Å². The van der Waals surface area contributed by atoms with E-state index < -0.39 is 23.8 Å². The van der Waals surface area contributed by atoms with Crippen molar-refractivity contribution in [1.29, 1.82) is 0 Å². The lowest BCUT2D eigenvalue weighted by Gasteiger charge is -2.16. The second-order valence-corrected chi connectivity index (χ2v) is 7.98. The first kappa shape index (κ1) is 24.0. The second kappa shape index (κ2) is 11.3. The topological polar surface area (TPSA) is 123 Å². The molecule has 2 aromatic carbocycles. The summed E-state index contributed by atoms with van der Waals surface area (Å²) in [6, 6.07) is 10.3. The van der Waals surface area contributed by atoms with E-state index in [1.165, 1.54) is 24.9 Å². The van der Waals surface area contributed by atoms with E-state index in [1.807, 2.05) is 6.26 Å². The molecule has 0 radical (unpaired) electrons. The molecule has 1 heterocycles. The first-order valence-electron chi connectivity index (χ1n) is 10.0. The van der Waals surface area contributed by atoms with Crippen LogP contribution in [-0.2, 0) is 9.59 Å². The van der Waals surface area contributed by atoms with Gasteiger partial charge in [-0.15, -0.1) is 0 Å². The van der Waals surface area contributed by atoms with Crippen LogP contribution in [0.4, 0.5) is 0 Å². The Morgan fingerprint density at radius 3 is 2.55 bits per heavy atom. The van der Waals surface area contributed by atoms with E-state index in [1.54, 1.807) is 42.5 Å². The highest BCUT2D eigenvalue weighted by atomic mass is 32.2. The Bertz CT molecular complexity index is 1050. The molecule has 3 rings (SSSR count). The molecule has 1 aliphatic rings. The van der Waals surface area contributed by atoms with Crippen LogP contribution in [0.2, 0.25) is 0 Å². The van der Waals surface area contributed by atoms with Crippen LogP contribution in [0.25, 0.3) is 6.08 Å². The number of carboxylic acid groups (broad SMARTS) is 1. The van der Waals surface area contributed by atoms with Gasteiger partial charge in [0.15, 0.2) is 11.5 Å². The van der Waals surface area contributed by atoms with Crippen LogP contribution in [0.3, 0.4) is 0 Å². The Hall–Kier alpha value is -3.66. The second-order valence-electron chi connectivity index (χ2n) is 7.00. The summed E-state index contributed by atoms with van der Waals surface area (Å²) in [5.74, 6) is -0.188. The van der Waals surface area contributed by atoms with Crippen molar-refractivity contribution in [1.82, 2.24) is 10.6 Å². The number of thioether (sulfide) groups is 1. The highest BCUT2D eigenvalue weighted by Crippen LogP contribution is 2.33. The molecule has 174 valence electrons. The SMILES string of the molecule is COc1ccc(C(=O)NC(=Cc2ccc3c(c2)OCO3)C(=O)NC(CCSC)C(=O)O)cc1. The Balaban J connectivity index is 1.86. The van der Waals surface area contributed by atoms with Crippen LogP contribution in [0, 0.1) is 0 Å². The molecule has 10 heteroatoms. The quantitative estimate of drug-likeness (QED) is 0.451. The molecule has 1 unspecified atom stereocenters. The summed E-state index contributed by atoms with van der Waals surface area (Å²) in [6.45, 7) is 0.0970. The van der Waals surface area contributed by atoms with Crippen LogP contribution in [0.5, 0.6) is 17.2 Å². The maximum atomic E-state index is 13.0. The molecule has 0 bridgehead atoms. The summed E-state index contributed by atoms with van der Waals surface area (Å²) >= 11 is 1.47. The van der Waals surface area contributed by atoms with Gasteiger partial charge in [0.2, 0.25) is 6.79 Å². The monoisotopic (exact) mass is 472 g/mol. The van der Waals surface area contributed by atoms with Crippen LogP contribution < -0.4 is 24.8 Å². The van der Waals surface area contributed by atoms with Gasteiger partial charge in [0, 0.05) is 5.56 Å². The number of carboxylic acids is 1. The lowest BCUT2D eigenvalue weighted by atomic mass is 10.1. The highest BCUT2D eigenvalue weighted by Gasteiger charge is 2.23. The fraction of sp³-hybridized carbons (Fsp3) is 0.261. The standard InChI is InChI=1S/C23H24N2O7S/c1-30-16-6-4-15(5-7-16)21(26)25-18(22(27)24-17(23(28)29)9-10-33-2)11-14-3-8-19-20(12-14)32-13-31-19/h3-8,11-12,17H,9-10,13H2,1-2H3,(H,24,27)(H,25,26)(H,28,29). The molecule has 2 aromatic rings. The van der Waals surface area contributed by atoms with Gasteiger partial charge in [-0.3, -0.25) is 9.59 Å². The smallest absolute Gasteiger partial charge is 0.326 e. The molecule has 3 N–H and O–H groups in total. The van der Waals surface area contributed by atoms with E-state index in [4.69, 9.17) is 14.2 Å². The van der Waals surface area contributed by atoms with Crippen molar-refractivity contribution >= 4 is 35.6 Å². The van der Waals surface area contributed by atoms with Crippen LogP contribution in [0.15, 0.2) is 48.2 Å².